The Balaban J connectivity index is 1.71. The summed E-state index contributed by atoms with van der Waals surface area (Å²) in [6, 6.07) is 25.1. The van der Waals surface area contributed by atoms with Crippen molar-refractivity contribution in [3.8, 4) is 11.5 Å². The van der Waals surface area contributed by atoms with Gasteiger partial charge in [0.25, 0.3) is 0 Å². The van der Waals surface area contributed by atoms with E-state index in [9.17, 15) is 0 Å². The number of ether oxygens (including phenoxy) is 2. The van der Waals surface area contributed by atoms with Crippen LogP contribution in [0.1, 0.15) is 34.6 Å². The molecule has 0 aliphatic carbocycles. The van der Waals surface area contributed by atoms with Gasteiger partial charge in [-0.05, 0) is 36.2 Å². The van der Waals surface area contributed by atoms with Crippen molar-refractivity contribution in [1.82, 2.24) is 0 Å². The highest BCUT2D eigenvalue weighted by Gasteiger charge is 2.23. The number of nitrogens with two attached hydrogens (primary N) is 1. The van der Waals surface area contributed by atoms with Gasteiger partial charge in [0.2, 0.25) is 0 Å². The predicted molar refractivity (Wildman–Crippen MR) is 108 cm³/mol. The smallest absolute Gasteiger partial charge is 0.124 e. The Morgan fingerprint density at radius 1 is 0.963 bits per heavy atom. The van der Waals surface area contributed by atoms with Gasteiger partial charge in [0.1, 0.15) is 18.1 Å². The molecule has 0 radical (unpaired) electrons. The molecule has 1 unspecified atom stereocenters. The van der Waals surface area contributed by atoms with Gasteiger partial charge in [0.05, 0.1) is 6.61 Å². The second-order valence-corrected chi connectivity index (χ2v) is 6.91. The van der Waals surface area contributed by atoms with E-state index in [0.717, 1.165) is 42.1 Å². The minimum Gasteiger partial charge on any atom is -0.493 e. The maximum absolute atomic E-state index is 6.30. The fourth-order valence-corrected chi connectivity index (χ4v) is 3.70. The SMILES string of the molecule is NCCC(c1ccccc1)c1cc2c(cc1OCc1ccccc1)CCO2. The van der Waals surface area contributed by atoms with Gasteiger partial charge in [-0.25, -0.2) is 0 Å². The summed E-state index contributed by atoms with van der Waals surface area (Å²) in [6.45, 7) is 1.91. The zero-order valence-electron chi connectivity index (χ0n) is 15.4. The standard InChI is InChI=1S/C24H25NO2/c25-13-11-21(19-9-5-2-6-10-19)22-16-23-20(12-14-26-23)15-24(22)27-17-18-7-3-1-4-8-18/h1-10,15-16,21H,11-14,17,25H2. The van der Waals surface area contributed by atoms with Gasteiger partial charge < -0.3 is 15.2 Å². The van der Waals surface area contributed by atoms with Crippen LogP contribution in [0.15, 0.2) is 72.8 Å². The second-order valence-electron chi connectivity index (χ2n) is 6.91. The lowest BCUT2D eigenvalue weighted by atomic mass is 9.87. The van der Waals surface area contributed by atoms with Crippen molar-refractivity contribution in [2.45, 2.75) is 25.4 Å². The Hall–Kier alpha value is -2.78. The number of benzene rings is 3. The van der Waals surface area contributed by atoms with Gasteiger partial charge >= 0.3 is 0 Å². The molecule has 0 saturated heterocycles. The molecule has 0 saturated carbocycles. The lowest BCUT2D eigenvalue weighted by molar-refractivity contribution is 0.300. The van der Waals surface area contributed by atoms with E-state index in [1.54, 1.807) is 0 Å². The summed E-state index contributed by atoms with van der Waals surface area (Å²) in [4.78, 5) is 0. The van der Waals surface area contributed by atoms with Gasteiger partial charge in [-0.1, -0.05) is 60.7 Å². The monoisotopic (exact) mass is 359 g/mol. The number of hydrogen-bond acceptors (Lipinski definition) is 3. The number of fused-ring (bicyclic) bond motifs is 1. The van der Waals surface area contributed by atoms with Crippen LogP contribution < -0.4 is 15.2 Å². The van der Waals surface area contributed by atoms with E-state index >= 15 is 0 Å². The van der Waals surface area contributed by atoms with Crippen molar-refractivity contribution in [3.63, 3.8) is 0 Å². The van der Waals surface area contributed by atoms with Crippen molar-refractivity contribution in [2.24, 2.45) is 5.73 Å². The summed E-state index contributed by atoms with van der Waals surface area (Å²) in [7, 11) is 0. The average Bonchev–Trinajstić information content (AvgIpc) is 3.18. The van der Waals surface area contributed by atoms with E-state index in [1.807, 2.05) is 24.3 Å². The van der Waals surface area contributed by atoms with Crippen LogP contribution in [0, 0.1) is 0 Å². The second kappa shape index (κ2) is 8.28. The average molecular weight is 359 g/mol. The van der Waals surface area contributed by atoms with Crippen molar-refractivity contribution in [3.05, 3.63) is 95.1 Å². The van der Waals surface area contributed by atoms with Crippen LogP contribution in [-0.2, 0) is 13.0 Å². The van der Waals surface area contributed by atoms with Gasteiger partial charge in [-0.15, -0.1) is 0 Å². The van der Waals surface area contributed by atoms with Crippen LogP contribution in [0.25, 0.3) is 0 Å². The van der Waals surface area contributed by atoms with Gasteiger partial charge in [0.15, 0.2) is 0 Å². The molecule has 0 aromatic heterocycles. The minimum atomic E-state index is 0.191. The maximum Gasteiger partial charge on any atom is 0.124 e. The summed E-state index contributed by atoms with van der Waals surface area (Å²) in [5.74, 6) is 2.11. The Bertz CT molecular complexity index is 878. The first kappa shape index (κ1) is 17.6. The third kappa shape index (κ3) is 3.99. The van der Waals surface area contributed by atoms with E-state index in [4.69, 9.17) is 15.2 Å². The summed E-state index contributed by atoms with van der Waals surface area (Å²) < 4.78 is 12.1. The summed E-state index contributed by atoms with van der Waals surface area (Å²) in [5.41, 5.74) is 10.8. The molecule has 3 aromatic rings. The summed E-state index contributed by atoms with van der Waals surface area (Å²) in [6.07, 6.45) is 1.80. The minimum absolute atomic E-state index is 0.191. The third-order valence-corrected chi connectivity index (χ3v) is 5.09. The molecule has 0 bridgehead atoms. The number of rotatable bonds is 7. The van der Waals surface area contributed by atoms with Gasteiger partial charge in [0, 0.05) is 23.5 Å². The lowest BCUT2D eigenvalue weighted by Gasteiger charge is -2.22. The van der Waals surface area contributed by atoms with Crippen molar-refractivity contribution in [1.29, 1.82) is 0 Å². The van der Waals surface area contributed by atoms with E-state index in [0.29, 0.717) is 13.2 Å². The Morgan fingerprint density at radius 2 is 1.70 bits per heavy atom. The molecular formula is C24H25NO2. The highest BCUT2D eigenvalue weighted by molar-refractivity contribution is 5.52. The normalized spacial score (nSPS) is 13.7. The summed E-state index contributed by atoms with van der Waals surface area (Å²) >= 11 is 0. The van der Waals surface area contributed by atoms with E-state index in [-0.39, 0.29) is 5.92 Å². The molecule has 2 N–H and O–H groups in total. The molecule has 27 heavy (non-hydrogen) atoms. The quantitative estimate of drug-likeness (QED) is 0.666. The van der Waals surface area contributed by atoms with Crippen LogP contribution in [0.4, 0.5) is 0 Å². The third-order valence-electron chi connectivity index (χ3n) is 5.09. The molecule has 1 atom stereocenters. The van der Waals surface area contributed by atoms with E-state index in [2.05, 4.69) is 48.5 Å². The maximum atomic E-state index is 6.30. The van der Waals surface area contributed by atoms with Crippen LogP contribution in [0.5, 0.6) is 11.5 Å². The first-order chi connectivity index (χ1) is 13.3. The van der Waals surface area contributed by atoms with Crippen molar-refractivity contribution in [2.75, 3.05) is 13.2 Å². The van der Waals surface area contributed by atoms with Crippen molar-refractivity contribution < 1.29 is 9.47 Å². The largest absolute Gasteiger partial charge is 0.493 e. The fourth-order valence-electron chi connectivity index (χ4n) is 3.70. The van der Waals surface area contributed by atoms with Gasteiger partial charge in [-0.3, -0.25) is 0 Å². The highest BCUT2D eigenvalue weighted by atomic mass is 16.5. The Labute approximate surface area is 160 Å². The molecule has 138 valence electrons. The topological polar surface area (TPSA) is 44.5 Å². The van der Waals surface area contributed by atoms with Crippen molar-refractivity contribution >= 4 is 0 Å². The molecule has 3 nitrogen and oxygen atoms in total. The zero-order chi connectivity index (χ0) is 18.5. The molecule has 0 spiro atoms. The van der Waals surface area contributed by atoms with E-state index < -0.39 is 0 Å². The molecule has 3 aromatic carbocycles. The zero-order valence-corrected chi connectivity index (χ0v) is 15.4. The molecule has 1 aliphatic heterocycles. The molecule has 3 heteroatoms. The molecule has 4 rings (SSSR count). The van der Waals surface area contributed by atoms with Crippen LogP contribution in [0.3, 0.4) is 0 Å². The first-order valence-electron chi connectivity index (χ1n) is 9.56. The predicted octanol–water partition coefficient (Wildman–Crippen LogP) is 4.68. The number of hydrogen-bond donors (Lipinski definition) is 1. The molecule has 1 heterocycles. The molecule has 0 amide bonds. The van der Waals surface area contributed by atoms with Crippen LogP contribution in [0.2, 0.25) is 0 Å². The van der Waals surface area contributed by atoms with Gasteiger partial charge in [-0.2, -0.15) is 0 Å². The summed E-state index contributed by atoms with van der Waals surface area (Å²) in [5, 5.41) is 0. The van der Waals surface area contributed by atoms with Crippen LogP contribution >= 0.6 is 0 Å². The van der Waals surface area contributed by atoms with Crippen LogP contribution in [-0.4, -0.2) is 13.2 Å². The lowest BCUT2D eigenvalue weighted by Crippen LogP contribution is -2.11. The first-order valence-corrected chi connectivity index (χ1v) is 9.56. The highest BCUT2D eigenvalue weighted by Crippen LogP contribution is 2.40. The molecule has 0 fully saturated rings. The van der Waals surface area contributed by atoms with E-state index in [1.165, 1.54) is 11.1 Å². The fraction of sp³-hybridized carbons (Fsp3) is 0.250. The Morgan fingerprint density at radius 3 is 2.44 bits per heavy atom. The molecule has 1 aliphatic rings. The molecular weight excluding hydrogens is 334 g/mol. The Kier molecular flexibility index (Phi) is 5.40.